The minimum Gasteiger partial charge on any atom is -0.317 e. The molecule has 0 aromatic carbocycles. The van der Waals surface area contributed by atoms with Crippen LogP contribution >= 0.6 is 0 Å². The highest BCUT2D eigenvalue weighted by Gasteiger charge is 2.17. The minimum absolute atomic E-state index is 0.773. The molecule has 0 aromatic heterocycles. The van der Waals surface area contributed by atoms with Gasteiger partial charge in [0.1, 0.15) is 0 Å². The second-order valence-electron chi connectivity index (χ2n) is 5.31. The van der Waals surface area contributed by atoms with E-state index in [1.54, 1.807) is 0 Å². The van der Waals surface area contributed by atoms with Gasteiger partial charge in [-0.15, -0.1) is 0 Å². The van der Waals surface area contributed by atoms with Crippen molar-refractivity contribution >= 4 is 0 Å². The van der Waals surface area contributed by atoms with Gasteiger partial charge in [-0.3, -0.25) is 0 Å². The van der Waals surface area contributed by atoms with E-state index < -0.39 is 0 Å². The van der Waals surface area contributed by atoms with Crippen LogP contribution in [0.25, 0.3) is 0 Å². The van der Waals surface area contributed by atoms with E-state index >= 15 is 0 Å². The smallest absolute Gasteiger partial charge is 0.00884 e. The molecule has 2 heterocycles. The first-order chi connectivity index (χ1) is 7.88. The summed E-state index contributed by atoms with van der Waals surface area (Å²) in [5.41, 5.74) is 0. The fourth-order valence-corrected chi connectivity index (χ4v) is 2.97. The zero-order valence-electron chi connectivity index (χ0n) is 10.7. The Morgan fingerprint density at radius 3 is 2.06 bits per heavy atom. The average Bonchev–Trinajstić information content (AvgIpc) is 2.83. The molecule has 2 aliphatic rings. The molecule has 0 unspecified atom stereocenters. The van der Waals surface area contributed by atoms with Crippen LogP contribution in [0.15, 0.2) is 0 Å². The van der Waals surface area contributed by atoms with Crippen LogP contribution in [-0.2, 0) is 0 Å². The van der Waals surface area contributed by atoms with Crippen LogP contribution in [0, 0.1) is 0 Å². The van der Waals surface area contributed by atoms with Gasteiger partial charge in [-0.1, -0.05) is 0 Å². The molecule has 0 bridgehead atoms. The van der Waals surface area contributed by atoms with E-state index in [1.165, 1.54) is 71.4 Å². The van der Waals surface area contributed by atoms with Gasteiger partial charge in [-0.25, -0.2) is 0 Å². The van der Waals surface area contributed by atoms with Crippen molar-refractivity contribution in [2.24, 2.45) is 0 Å². The molecular formula is C13H27N3. The maximum Gasteiger partial charge on any atom is 0.00884 e. The molecule has 2 saturated heterocycles. The third-order valence-corrected chi connectivity index (χ3v) is 4.14. The minimum atomic E-state index is 0.773. The highest BCUT2D eigenvalue weighted by molar-refractivity contribution is 4.76. The van der Waals surface area contributed by atoms with Gasteiger partial charge in [0.15, 0.2) is 0 Å². The van der Waals surface area contributed by atoms with E-state index in [9.17, 15) is 0 Å². The second kappa shape index (κ2) is 6.58. The van der Waals surface area contributed by atoms with Gasteiger partial charge < -0.3 is 15.1 Å². The molecule has 0 radical (unpaired) electrons. The molecule has 0 aromatic rings. The summed E-state index contributed by atoms with van der Waals surface area (Å²) in [6.07, 6.45) is 6.88. The van der Waals surface area contributed by atoms with Gasteiger partial charge in [0.2, 0.25) is 0 Å². The largest absolute Gasteiger partial charge is 0.317 e. The average molecular weight is 225 g/mol. The lowest BCUT2D eigenvalue weighted by Gasteiger charge is -2.32. The summed E-state index contributed by atoms with van der Waals surface area (Å²) in [5, 5.41) is 3.39. The monoisotopic (exact) mass is 225 g/mol. The van der Waals surface area contributed by atoms with Gasteiger partial charge in [0.05, 0.1) is 0 Å². The Labute approximate surface area is 100 Å². The number of nitrogens with zero attached hydrogens (tertiary/aromatic N) is 2. The molecule has 2 rings (SSSR count). The summed E-state index contributed by atoms with van der Waals surface area (Å²) in [4.78, 5) is 5.27. The summed E-state index contributed by atoms with van der Waals surface area (Å²) < 4.78 is 0. The van der Waals surface area contributed by atoms with Gasteiger partial charge in [0, 0.05) is 6.04 Å². The number of hydrogen-bond donors (Lipinski definition) is 1. The summed E-state index contributed by atoms with van der Waals surface area (Å²) in [6, 6.07) is 0.773. The van der Waals surface area contributed by atoms with Crippen molar-refractivity contribution in [1.82, 2.24) is 15.1 Å². The molecular weight excluding hydrogens is 198 g/mol. The van der Waals surface area contributed by atoms with Crippen molar-refractivity contribution in [3.8, 4) is 0 Å². The lowest BCUT2D eigenvalue weighted by Crippen LogP contribution is -2.42. The number of rotatable bonds is 5. The topological polar surface area (TPSA) is 18.5 Å². The van der Waals surface area contributed by atoms with Crippen LogP contribution in [0.3, 0.4) is 0 Å². The molecule has 2 fully saturated rings. The SMILES string of the molecule is CNC1CCN(CCCN2CCCC2)CC1. The fraction of sp³-hybridized carbons (Fsp3) is 1.00. The van der Waals surface area contributed by atoms with E-state index in [4.69, 9.17) is 0 Å². The van der Waals surface area contributed by atoms with E-state index in [0.717, 1.165) is 6.04 Å². The number of nitrogens with one attached hydrogen (secondary N) is 1. The first-order valence-electron chi connectivity index (χ1n) is 7.00. The maximum absolute atomic E-state index is 3.39. The predicted molar refractivity (Wildman–Crippen MR) is 68.8 cm³/mol. The Morgan fingerprint density at radius 1 is 0.938 bits per heavy atom. The number of piperidine rings is 1. The zero-order chi connectivity index (χ0) is 11.2. The molecule has 0 spiro atoms. The van der Waals surface area contributed by atoms with Crippen molar-refractivity contribution in [1.29, 1.82) is 0 Å². The van der Waals surface area contributed by atoms with E-state index in [-0.39, 0.29) is 0 Å². The molecule has 1 N–H and O–H groups in total. The van der Waals surface area contributed by atoms with Crippen LogP contribution in [0.5, 0.6) is 0 Å². The summed E-state index contributed by atoms with van der Waals surface area (Å²) >= 11 is 0. The van der Waals surface area contributed by atoms with Crippen molar-refractivity contribution in [3.63, 3.8) is 0 Å². The first kappa shape index (κ1) is 12.3. The summed E-state index contributed by atoms with van der Waals surface area (Å²) in [7, 11) is 2.09. The van der Waals surface area contributed by atoms with E-state index in [2.05, 4.69) is 22.2 Å². The van der Waals surface area contributed by atoms with Crippen LogP contribution in [0.2, 0.25) is 0 Å². The fourth-order valence-electron chi connectivity index (χ4n) is 2.97. The Morgan fingerprint density at radius 2 is 1.50 bits per heavy atom. The lowest BCUT2D eigenvalue weighted by molar-refractivity contribution is 0.190. The van der Waals surface area contributed by atoms with Crippen molar-refractivity contribution in [2.45, 2.75) is 38.1 Å². The Hall–Kier alpha value is -0.120. The van der Waals surface area contributed by atoms with E-state index in [1.807, 2.05) is 0 Å². The van der Waals surface area contributed by atoms with Crippen LogP contribution in [-0.4, -0.2) is 62.2 Å². The van der Waals surface area contributed by atoms with Gasteiger partial charge in [-0.2, -0.15) is 0 Å². The Balaban J connectivity index is 1.53. The summed E-state index contributed by atoms with van der Waals surface area (Å²) in [6.45, 7) is 7.93. The Bertz CT molecular complexity index is 182. The third kappa shape index (κ3) is 3.72. The molecule has 0 saturated carbocycles. The van der Waals surface area contributed by atoms with Crippen LogP contribution < -0.4 is 5.32 Å². The van der Waals surface area contributed by atoms with Crippen molar-refractivity contribution in [3.05, 3.63) is 0 Å². The molecule has 3 heteroatoms. The third-order valence-electron chi connectivity index (χ3n) is 4.14. The molecule has 94 valence electrons. The molecule has 16 heavy (non-hydrogen) atoms. The van der Waals surface area contributed by atoms with Crippen molar-refractivity contribution in [2.75, 3.05) is 46.3 Å². The molecule has 3 nitrogen and oxygen atoms in total. The molecule has 0 aliphatic carbocycles. The highest BCUT2D eigenvalue weighted by atomic mass is 15.2. The lowest BCUT2D eigenvalue weighted by atomic mass is 10.1. The Kier molecular flexibility index (Phi) is 5.07. The number of hydrogen-bond acceptors (Lipinski definition) is 3. The maximum atomic E-state index is 3.39. The standard InChI is InChI=1S/C13H27N3/c1-14-13-5-11-16(12-6-13)10-4-9-15-7-2-3-8-15/h13-14H,2-12H2,1H3. The number of likely N-dealkylation sites (tertiary alicyclic amines) is 2. The highest BCUT2D eigenvalue weighted by Crippen LogP contribution is 2.11. The second-order valence-corrected chi connectivity index (χ2v) is 5.31. The van der Waals surface area contributed by atoms with Gasteiger partial charge in [-0.05, 0) is 78.4 Å². The predicted octanol–water partition coefficient (Wildman–Crippen LogP) is 1.16. The molecule has 0 atom stereocenters. The zero-order valence-corrected chi connectivity index (χ0v) is 10.7. The molecule has 2 aliphatic heterocycles. The normalized spacial score (nSPS) is 25.3. The summed E-state index contributed by atoms with van der Waals surface area (Å²) in [5.74, 6) is 0. The van der Waals surface area contributed by atoms with Crippen LogP contribution in [0.4, 0.5) is 0 Å². The van der Waals surface area contributed by atoms with E-state index in [0.29, 0.717) is 0 Å². The van der Waals surface area contributed by atoms with Gasteiger partial charge in [0.25, 0.3) is 0 Å². The van der Waals surface area contributed by atoms with Crippen LogP contribution in [0.1, 0.15) is 32.1 Å². The first-order valence-corrected chi connectivity index (χ1v) is 7.00. The quantitative estimate of drug-likeness (QED) is 0.757. The van der Waals surface area contributed by atoms with Gasteiger partial charge >= 0.3 is 0 Å². The molecule has 0 amide bonds. The van der Waals surface area contributed by atoms with Crippen molar-refractivity contribution < 1.29 is 0 Å².